The minimum atomic E-state index is -0.451. The van der Waals surface area contributed by atoms with Gasteiger partial charge in [-0.05, 0) is 6.92 Å². The van der Waals surface area contributed by atoms with Gasteiger partial charge in [0.1, 0.15) is 19.6 Å². The average Bonchev–Trinajstić information content (AvgIpc) is 2.84. The standard InChI is InChI=1S/C15H21N5O3/c1-10(2)8-20-11(9-19-4-6-23-7-5-19)16-13-12(20)14(21)17-15(22)18(13)3/h1,4-9H2,2-3H3,(H,17,21,22)/p+1. The normalized spacial score (nSPS) is 16.1. The largest absolute Gasteiger partial charge is 0.370 e. The van der Waals surface area contributed by atoms with E-state index >= 15 is 0 Å². The molecule has 23 heavy (non-hydrogen) atoms. The van der Waals surface area contributed by atoms with Gasteiger partial charge >= 0.3 is 5.69 Å². The number of imidazole rings is 1. The van der Waals surface area contributed by atoms with Gasteiger partial charge in [-0.3, -0.25) is 14.3 Å². The second-order valence-electron chi connectivity index (χ2n) is 6.10. The number of allylic oxidation sites excluding steroid dienone is 1. The first-order chi connectivity index (χ1) is 11.0. The van der Waals surface area contributed by atoms with Crippen molar-refractivity contribution in [1.82, 2.24) is 19.1 Å². The Morgan fingerprint density at radius 1 is 1.39 bits per heavy atom. The van der Waals surface area contributed by atoms with Gasteiger partial charge in [0.25, 0.3) is 5.56 Å². The molecular weight excluding hydrogens is 298 g/mol. The molecule has 1 fully saturated rings. The van der Waals surface area contributed by atoms with Crippen LogP contribution in [0.25, 0.3) is 11.2 Å². The molecule has 0 atom stereocenters. The number of morpholine rings is 1. The van der Waals surface area contributed by atoms with Crippen LogP contribution in [0.15, 0.2) is 21.7 Å². The lowest BCUT2D eigenvalue weighted by Gasteiger charge is -2.23. The molecule has 0 unspecified atom stereocenters. The van der Waals surface area contributed by atoms with E-state index in [1.165, 1.54) is 9.47 Å². The highest BCUT2D eigenvalue weighted by atomic mass is 16.5. The summed E-state index contributed by atoms with van der Waals surface area (Å²) in [6, 6.07) is 0. The monoisotopic (exact) mass is 320 g/mol. The Morgan fingerprint density at radius 3 is 2.74 bits per heavy atom. The van der Waals surface area contributed by atoms with Crippen molar-refractivity contribution in [2.45, 2.75) is 20.0 Å². The molecular formula is C15H22N5O3+. The molecule has 1 saturated heterocycles. The van der Waals surface area contributed by atoms with Crippen LogP contribution in [0.3, 0.4) is 0 Å². The molecule has 0 radical (unpaired) electrons. The van der Waals surface area contributed by atoms with Crippen molar-refractivity contribution in [2.24, 2.45) is 7.05 Å². The van der Waals surface area contributed by atoms with E-state index in [1.807, 2.05) is 11.5 Å². The van der Waals surface area contributed by atoms with Gasteiger partial charge in [-0.2, -0.15) is 0 Å². The predicted octanol–water partition coefficient (Wildman–Crippen LogP) is -1.59. The number of hydrogen-bond donors (Lipinski definition) is 2. The third-order valence-electron chi connectivity index (χ3n) is 4.12. The second-order valence-corrected chi connectivity index (χ2v) is 6.10. The number of aromatic nitrogens is 4. The van der Waals surface area contributed by atoms with Crippen molar-refractivity contribution in [3.8, 4) is 0 Å². The highest BCUT2D eigenvalue weighted by molar-refractivity contribution is 5.70. The summed E-state index contributed by atoms with van der Waals surface area (Å²) in [4.78, 5) is 32.4. The number of fused-ring (bicyclic) bond motifs is 1. The lowest BCUT2D eigenvalue weighted by Crippen LogP contribution is -3.12. The Kier molecular flexibility index (Phi) is 4.18. The summed E-state index contributed by atoms with van der Waals surface area (Å²) < 4.78 is 8.63. The van der Waals surface area contributed by atoms with Gasteiger partial charge in [0.2, 0.25) is 0 Å². The summed E-state index contributed by atoms with van der Waals surface area (Å²) >= 11 is 0. The van der Waals surface area contributed by atoms with Gasteiger partial charge < -0.3 is 14.2 Å². The van der Waals surface area contributed by atoms with Gasteiger partial charge in [-0.15, -0.1) is 0 Å². The van der Waals surface area contributed by atoms with Crippen LogP contribution < -0.4 is 16.1 Å². The van der Waals surface area contributed by atoms with E-state index in [0.717, 1.165) is 37.7 Å². The van der Waals surface area contributed by atoms with Gasteiger partial charge in [-0.25, -0.2) is 9.78 Å². The SMILES string of the molecule is C=C(C)Cn1c(C[NH+]2CCOCC2)nc2c1c(=O)[nH]c(=O)n2C. The number of hydrogen-bond acceptors (Lipinski definition) is 4. The number of ether oxygens (including phenoxy) is 1. The van der Waals surface area contributed by atoms with Crippen molar-refractivity contribution in [1.29, 1.82) is 0 Å². The number of aromatic amines is 1. The molecule has 0 aliphatic carbocycles. The lowest BCUT2D eigenvalue weighted by atomic mass is 10.3. The molecule has 2 aromatic heterocycles. The van der Waals surface area contributed by atoms with Crippen molar-refractivity contribution in [3.63, 3.8) is 0 Å². The molecule has 1 aliphatic heterocycles. The Bertz CT molecular complexity index is 854. The quantitative estimate of drug-likeness (QED) is 0.666. The third kappa shape index (κ3) is 2.99. The predicted molar refractivity (Wildman–Crippen MR) is 85.6 cm³/mol. The van der Waals surface area contributed by atoms with E-state index in [-0.39, 0.29) is 0 Å². The molecule has 8 heteroatoms. The highest BCUT2D eigenvalue weighted by Crippen LogP contribution is 2.12. The molecule has 8 nitrogen and oxygen atoms in total. The van der Waals surface area contributed by atoms with Gasteiger partial charge in [-0.1, -0.05) is 12.2 Å². The minimum absolute atomic E-state index is 0.403. The summed E-state index contributed by atoms with van der Waals surface area (Å²) in [5.41, 5.74) is 0.920. The number of aryl methyl sites for hydroxylation is 1. The number of nitrogens with zero attached hydrogens (tertiary/aromatic N) is 3. The Morgan fingerprint density at radius 2 is 2.09 bits per heavy atom. The van der Waals surface area contributed by atoms with Gasteiger partial charge in [0.05, 0.1) is 13.2 Å². The molecule has 2 N–H and O–H groups in total. The Labute approximate surface area is 133 Å². The smallest absolute Gasteiger partial charge is 0.329 e. The van der Waals surface area contributed by atoms with E-state index in [0.29, 0.717) is 24.3 Å². The minimum Gasteiger partial charge on any atom is -0.370 e. The van der Waals surface area contributed by atoms with E-state index < -0.39 is 11.2 Å². The van der Waals surface area contributed by atoms with Crippen LogP contribution in [-0.2, 0) is 24.9 Å². The molecule has 3 heterocycles. The number of nitrogens with one attached hydrogen (secondary N) is 2. The maximum atomic E-state index is 12.3. The summed E-state index contributed by atoms with van der Waals surface area (Å²) in [6.07, 6.45) is 0. The first kappa shape index (κ1) is 15.7. The highest BCUT2D eigenvalue weighted by Gasteiger charge is 2.22. The molecule has 0 aromatic carbocycles. The number of rotatable bonds is 4. The van der Waals surface area contributed by atoms with E-state index in [2.05, 4.69) is 16.5 Å². The zero-order valence-electron chi connectivity index (χ0n) is 13.5. The molecule has 3 rings (SSSR count). The van der Waals surface area contributed by atoms with E-state index in [9.17, 15) is 9.59 Å². The van der Waals surface area contributed by atoms with Crippen molar-refractivity contribution in [2.75, 3.05) is 26.3 Å². The van der Waals surface area contributed by atoms with Crippen LogP contribution in [0.2, 0.25) is 0 Å². The maximum absolute atomic E-state index is 12.3. The Balaban J connectivity index is 2.13. The summed E-state index contributed by atoms with van der Waals surface area (Å²) in [6.45, 7) is 10.3. The topological polar surface area (TPSA) is 86.3 Å². The Hall–Kier alpha value is -2.19. The fourth-order valence-corrected chi connectivity index (χ4v) is 2.92. The van der Waals surface area contributed by atoms with Gasteiger partial charge in [0, 0.05) is 13.6 Å². The third-order valence-corrected chi connectivity index (χ3v) is 4.12. The molecule has 0 spiro atoms. The zero-order valence-corrected chi connectivity index (χ0v) is 13.5. The van der Waals surface area contributed by atoms with Crippen molar-refractivity contribution < 1.29 is 9.64 Å². The zero-order chi connectivity index (χ0) is 16.6. The van der Waals surface area contributed by atoms with Crippen LogP contribution in [0.4, 0.5) is 0 Å². The van der Waals surface area contributed by atoms with E-state index in [4.69, 9.17) is 4.74 Å². The van der Waals surface area contributed by atoms with Crippen molar-refractivity contribution in [3.05, 3.63) is 38.8 Å². The average molecular weight is 320 g/mol. The molecule has 0 bridgehead atoms. The molecule has 2 aromatic rings. The second kappa shape index (κ2) is 6.13. The first-order valence-corrected chi connectivity index (χ1v) is 7.71. The van der Waals surface area contributed by atoms with Crippen LogP contribution >= 0.6 is 0 Å². The van der Waals surface area contributed by atoms with E-state index in [1.54, 1.807) is 7.05 Å². The first-order valence-electron chi connectivity index (χ1n) is 7.71. The lowest BCUT2D eigenvalue weighted by molar-refractivity contribution is -0.922. The fraction of sp³-hybridized carbons (Fsp3) is 0.533. The van der Waals surface area contributed by atoms with Crippen LogP contribution in [0.1, 0.15) is 12.7 Å². The molecule has 0 amide bonds. The van der Waals surface area contributed by atoms with Crippen molar-refractivity contribution >= 4 is 11.2 Å². The molecule has 124 valence electrons. The fourth-order valence-electron chi connectivity index (χ4n) is 2.92. The van der Waals surface area contributed by atoms with Gasteiger partial charge in [0.15, 0.2) is 17.0 Å². The van der Waals surface area contributed by atoms with Crippen LogP contribution in [0, 0.1) is 0 Å². The maximum Gasteiger partial charge on any atom is 0.329 e. The summed E-state index contributed by atoms with van der Waals surface area (Å²) in [5.74, 6) is 0.798. The molecule has 1 aliphatic rings. The van der Waals surface area contributed by atoms with Crippen LogP contribution in [-0.4, -0.2) is 45.4 Å². The number of quaternary nitrogens is 1. The summed E-state index contributed by atoms with van der Waals surface area (Å²) in [5, 5.41) is 0. The molecule has 0 saturated carbocycles. The van der Waals surface area contributed by atoms with Crippen LogP contribution in [0.5, 0.6) is 0 Å². The number of H-pyrrole nitrogens is 1. The summed E-state index contributed by atoms with van der Waals surface area (Å²) in [7, 11) is 1.62.